The van der Waals surface area contributed by atoms with Gasteiger partial charge in [-0.1, -0.05) is 99.6 Å². The molecule has 0 saturated heterocycles. The molecule has 0 aromatic heterocycles. The molecule has 0 unspecified atom stereocenters. The van der Waals surface area contributed by atoms with E-state index in [1.165, 1.54) is 11.1 Å². The molecule has 0 amide bonds. The molecule has 3 aromatic carbocycles. The van der Waals surface area contributed by atoms with Crippen molar-refractivity contribution in [2.45, 2.75) is 50.9 Å². The van der Waals surface area contributed by atoms with Gasteiger partial charge in [0.25, 0.3) is 0 Å². The van der Waals surface area contributed by atoms with Gasteiger partial charge in [-0.25, -0.2) is 0 Å². The van der Waals surface area contributed by atoms with Crippen LogP contribution in [-0.4, -0.2) is 24.8 Å². The summed E-state index contributed by atoms with van der Waals surface area (Å²) in [6.45, 7) is 6.55. The number of rotatable bonds is 5. The monoisotopic (exact) mass is 427 g/mol. The van der Waals surface area contributed by atoms with E-state index >= 15 is 0 Å². The predicted molar refractivity (Wildman–Crippen MR) is 130 cm³/mol. The molecule has 0 aliphatic carbocycles. The summed E-state index contributed by atoms with van der Waals surface area (Å²) in [6.07, 6.45) is -0.0837. The third kappa shape index (κ3) is 4.55. The molecule has 1 aliphatic heterocycles. The van der Waals surface area contributed by atoms with Crippen molar-refractivity contribution in [1.82, 2.24) is 4.90 Å². The summed E-state index contributed by atoms with van der Waals surface area (Å²) in [5.41, 5.74) is 5.51. The first-order valence-corrected chi connectivity index (χ1v) is 11.3. The molecule has 0 N–H and O–H groups in total. The van der Waals surface area contributed by atoms with E-state index < -0.39 is 0 Å². The fraction of sp³-hybridized carbons (Fsp3) is 0.345. The van der Waals surface area contributed by atoms with Gasteiger partial charge in [0.1, 0.15) is 6.10 Å². The van der Waals surface area contributed by atoms with Crippen LogP contribution in [0.1, 0.15) is 78.1 Å². The van der Waals surface area contributed by atoms with Gasteiger partial charge in [0.15, 0.2) is 5.78 Å². The average molecular weight is 428 g/mol. The summed E-state index contributed by atoms with van der Waals surface area (Å²) < 4.78 is 6.68. The van der Waals surface area contributed by atoms with Crippen LogP contribution in [0.3, 0.4) is 0 Å². The van der Waals surface area contributed by atoms with Gasteiger partial charge < -0.3 is 4.74 Å². The van der Waals surface area contributed by atoms with Crippen molar-refractivity contribution in [1.29, 1.82) is 0 Å². The van der Waals surface area contributed by atoms with Crippen LogP contribution in [0.25, 0.3) is 0 Å². The highest BCUT2D eigenvalue weighted by Crippen LogP contribution is 2.47. The minimum atomic E-state index is -0.276. The van der Waals surface area contributed by atoms with E-state index in [-0.39, 0.29) is 29.4 Å². The lowest BCUT2D eigenvalue weighted by molar-refractivity contribution is -0.0718. The lowest BCUT2D eigenvalue weighted by Gasteiger charge is -2.41. The molecule has 3 aromatic rings. The maximum atomic E-state index is 13.3. The Morgan fingerprint density at radius 3 is 2.03 bits per heavy atom. The second kappa shape index (κ2) is 9.01. The van der Waals surface area contributed by atoms with E-state index in [9.17, 15) is 4.79 Å². The fourth-order valence-corrected chi connectivity index (χ4v) is 4.61. The van der Waals surface area contributed by atoms with Crippen LogP contribution < -0.4 is 0 Å². The minimum Gasteiger partial charge on any atom is -0.363 e. The van der Waals surface area contributed by atoms with E-state index in [1.54, 1.807) is 0 Å². The Hall–Kier alpha value is -2.75. The summed E-state index contributed by atoms with van der Waals surface area (Å²) in [7, 11) is 4.17. The molecule has 166 valence electrons. The van der Waals surface area contributed by atoms with Crippen molar-refractivity contribution in [3.63, 3.8) is 0 Å². The number of ketones is 1. The molecular weight excluding hydrogens is 394 g/mol. The van der Waals surface area contributed by atoms with Crippen LogP contribution in [-0.2, 0) is 10.2 Å². The number of ether oxygens (including phenoxy) is 1. The molecule has 32 heavy (non-hydrogen) atoms. The molecular formula is C29H33NO2. The van der Waals surface area contributed by atoms with Crippen molar-refractivity contribution in [3.05, 3.63) is 107 Å². The highest BCUT2D eigenvalue weighted by atomic mass is 16.5. The van der Waals surface area contributed by atoms with E-state index in [4.69, 9.17) is 4.74 Å². The molecule has 1 aliphatic rings. The lowest BCUT2D eigenvalue weighted by atomic mass is 9.84. The quantitative estimate of drug-likeness (QED) is 0.426. The highest BCUT2D eigenvalue weighted by molar-refractivity contribution is 5.96. The van der Waals surface area contributed by atoms with Gasteiger partial charge in [-0.05, 0) is 41.8 Å². The van der Waals surface area contributed by atoms with Gasteiger partial charge in [-0.2, -0.15) is 0 Å². The molecule has 0 fully saturated rings. The first-order valence-electron chi connectivity index (χ1n) is 11.3. The maximum absolute atomic E-state index is 13.3. The topological polar surface area (TPSA) is 29.5 Å². The largest absolute Gasteiger partial charge is 0.363 e. The van der Waals surface area contributed by atoms with Gasteiger partial charge in [0.2, 0.25) is 0 Å². The Morgan fingerprint density at radius 2 is 1.44 bits per heavy atom. The number of hydrogen-bond donors (Lipinski definition) is 0. The molecule has 3 heteroatoms. The smallest absolute Gasteiger partial charge is 0.165 e. The van der Waals surface area contributed by atoms with Crippen molar-refractivity contribution >= 4 is 5.78 Å². The molecule has 0 bridgehead atoms. The predicted octanol–water partition coefficient (Wildman–Crippen LogP) is 6.67. The first-order chi connectivity index (χ1) is 15.3. The number of carbonyl (C=O) groups excluding carboxylic acids is 1. The molecule has 4 rings (SSSR count). The second-order valence-corrected chi connectivity index (χ2v) is 9.95. The van der Waals surface area contributed by atoms with Crippen LogP contribution >= 0.6 is 0 Å². The zero-order chi connectivity index (χ0) is 22.9. The number of benzene rings is 3. The van der Waals surface area contributed by atoms with Crippen LogP contribution in [0.4, 0.5) is 0 Å². The van der Waals surface area contributed by atoms with Gasteiger partial charge in [0, 0.05) is 12.0 Å². The van der Waals surface area contributed by atoms with Gasteiger partial charge in [-0.3, -0.25) is 9.69 Å². The average Bonchev–Trinajstić information content (AvgIpc) is 2.78. The SMILES string of the molecule is CN(C)[C@H]1c2ccccc2[C@@H](CC(=O)c2ccc(C(C)(C)C)cc2)O[C@@H]1c1ccccc1. The molecule has 3 atom stereocenters. The van der Waals surface area contributed by atoms with Gasteiger partial charge >= 0.3 is 0 Å². The molecule has 0 radical (unpaired) electrons. The number of carbonyl (C=O) groups is 1. The zero-order valence-electron chi connectivity index (χ0n) is 19.7. The minimum absolute atomic E-state index is 0.0666. The molecule has 1 heterocycles. The number of nitrogens with zero attached hydrogens (tertiary/aromatic N) is 1. The number of hydrogen-bond acceptors (Lipinski definition) is 3. The third-order valence-corrected chi connectivity index (χ3v) is 6.39. The van der Waals surface area contributed by atoms with Crippen molar-refractivity contribution in [2.75, 3.05) is 14.1 Å². The summed E-state index contributed by atoms with van der Waals surface area (Å²) in [4.78, 5) is 15.5. The Balaban J connectivity index is 1.66. The number of Topliss-reactive ketones (excluding diaryl/α,β-unsaturated/α-hetero) is 1. The lowest BCUT2D eigenvalue weighted by Crippen LogP contribution is -2.34. The van der Waals surface area contributed by atoms with Crippen molar-refractivity contribution in [2.24, 2.45) is 0 Å². The Morgan fingerprint density at radius 1 is 0.844 bits per heavy atom. The Labute approximate surface area is 192 Å². The number of fused-ring (bicyclic) bond motifs is 1. The van der Waals surface area contributed by atoms with Crippen molar-refractivity contribution < 1.29 is 9.53 Å². The number of likely N-dealkylation sites (N-methyl/N-ethyl adjacent to an activating group) is 1. The van der Waals surface area contributed by atoms with Crippen LogP contribution in [0, 0.1) is 0 Å². The van der Waals surface area contributed by atoms with E-state index in [2.05, 4.69) is 82.2 Å². The normalized spacial score (nSPS) is 20.8. The zero-order valence-corrected chi connectivity index (χ0v) is 19.7. The Kier molecular flexibility index (Phi) is 6.32. The van der Waals surface area contributed by atoms with Crippen LogP contribution in [0.2, 0.25) is 0 Å². The molecule has 0 spiro atoms. The third-order valence-electron chi connectivity index (χ3n) is 6.39. The summed E-state index contributed by atoms with van der Waals surface area (Å²) in [5.74, 6) is 0.111. The van der Waals surface area contributed by atoms with Crippen LogP contribution in [0.15, 0.2) is 78.9 Å². The van der Waals surface area contributed by atoms with Gasteiger partial charge in [0.05, 0.1) is 12.1 Å². The Bertz CT molecular complexity index is 1060. The summed E-state index contributed by atoms with van der Waals surface area (Å²) in [6, 6.07) is 26.9. The summed E-state index contributed by atoms with van der Waals surface area (Å²) >= 11 is 0. The van der Waals surface area contributed by atoms with E-state index in [0.717, 1.165) is 16.7 Å². The second-order valence-electron chi connectivity index (χ2n) is 9.95. The molecule has 3 nitrogen and oxygen atoms in total. The first kappa shape index (κ1) is 22.4. The van der Waals surface area contributed by atoms with Crippen LogP contribution in [0.5, 0.6) is 0 Å². The molecule has 0 saturated carbocycles. The van der Waals surface area contributed by atoms with E-state index in [0.29, 0.717) is 6.42 Å². The van der Waals surface area contributed by atoms with E-state index in [1.807, 2.05) is 36.4 Å². The highest BCUT2D eigenvalue weighted by Gasteiger charge is 2.38. The summed E-state index contributed by atoms with van der Waals surface area (Å²) in [5, 5.41) is 0. The fourth-order valence-electron chi connectivity index (χ4n) is 4.61. The standard InChI is InChI=1S/C29H33NO2/c1-29(2,3)22-17-15-20(16-18-22)25(31)19-26-23-13-9-10-14-24(23)27(30(4)5)28(32-26)21-11-7-6-8-12-21/h6-18,26-28H,19H2,1-5H3/t26-,27+,28-/m1/s1. The van der Waals surface area contributed by atoms with Crippen molar-refractivity contribution in [3.8, 4) is 0 Å². The van der Waals surface area contributed by atoms with Gasteiger partial charge in [-0.15, -0.1) is 0 Å². The maximum Gasteiger partial charge on any atom is 0.165 e.